The Morgan fingerprint density at radius 2 is 0.732 bits per heavy atom. The Hall–Kier alpha value is -7.36. The number of para-hydroxylation sites is 2. The molecular formula is C53H36N2O. The van der Waals surface area contributed by atoms with E-state index in [9.17, 15) is 0 Å². The molecule has 3 nitrogen and oxygen atoms in total. The van der Waals surface area contributed by atoms with Crippen LogP contribution in [0.3, 0.4) is 0 Å². The highest BCUT2D eigenvalue weighted by atomic mass is 16.5. The van der Waals surface area contributed by atoms with Crippen molar-refractivity contribution in [1.82, 2.24) is 9.97 Å². The normalized spacial score (nSPS) is 12.6. The predicted octanol–water partition coefficient (Wildman–Crippen LogP) is 13.3. The SMILES string of the molecule is c1ccc(-c2ccc(-c3cc(-c4ccccc4)nc(-c4ccccc4-c4ccccc4C4(c5ccccc5)c5ccccc5Oc5ccccc54)n3)cc2)cc1. The molecule has 0 fully saturated rings. The minimum Gasteiger partial charge on any atom is -0.457 e. The number of nitrogens with zero attached hydrogens (tertiary/aromatic N) is 2. The van der Waals surface area contributed by atoms with Crippen molar-refractivity contribution in [2.24, 2.45) is 0 Å². The average molecular weight is 717 g/mol. The molecule has 0 unspecified atom stereocenters. The molecule has 0 radical (unpaired) electrons. The molecule has 1 aromatic heterocycles. The number of aromatic nitrogens is 2. The summed E-state index contributed by atoms with van der Waals surface area (Å²) >= 11 is 0. The molecule has 0 aliphatic carbocycles. The fourth-order valence-corrected chi connectivity index (χ4v) is 8.33. The Morgan fingerprint density at radius 3 is 1.34 bits per heavy atom. The maximum Gasteiger partial charge on any atom is 0.161 e. The number of fused-ring (bicyclic) bond motifs is 2. The zero-order valence-electron chi connectivity index (χ0n) is 30.6. The molecule has 0 saturated heterocycles. The topological polar surface area (TPSA) is 35.0 Å². The van der Waals surface area contributed by atoms with Crippen LogP contribution in [0.5, 0.6) is 11.5 Å². The summed E-state index contributed by atoms with van der Waals surface area (Å²) in [6.45, 7) is 0. The van der Waals surface area contributed by atoms with Crippen molar-refractivity contribution in [1.29, 1.82) is 0 Å². The van der Waals surface area contributed by atoms with Gasteiger partial charge in [0.25, 0.3) is 0 Å². The van der Waals surface area contributed by atoms with Crippen LogP contribution in [0, 0.1) is 0 Å². The third-order valence-electron chi connectivity index (χ3n) is 10.9. The van der Waals surface area contributed by atoms with Crippen molar-refractivity contribution < 1.29 is 4.74 Å². The number of hydrogen-bond donors (Lipinski definition) is 0. The summed E-state index contributed by atoms with van der Waals surface area (Å²) in [5, 5.41) is 0. The lowest BCUT2D eigenvalue weighted by Crippen LogP contribution is -2.34. The highest BCUT2D eigenvalue weighted by molar-refractivity contribution is 5.87. The van der Waals surface area contributed by atoms with E-state index in [0.717, 1.165) is 78.5 Å². The van der Waals surface area contributed by atoms with Gasteiger partial charge in [0, 0.05) is 27.8 Å². The lowest BCUT2D eigenvalue weighted by Gasteiger charge is -2.42. The first-order chi connectivity index (χ1) is 27.8. The highest BCUT2D eigenvalue weighted by Crippen LogP contribution is 2.57. The van der Waals surface area contributed by atoms with E-state index in [1.165, 1.54) is 5.56 Å². The molecule has 0 spiro atoms. The molecule has 264 valence electrons. The van der Waals surface area contributed by atoms with Gasteiger partial charge in [-0.3, -0.25) is 0 Å². The second-order valence-corrected chi connectivity index (χ2v) is 14.1. The van der Waals surface area contributed by atoms with Gasteiger partial charge in [-0.15, -0.1) is 0 Å². The van der Waals surface area contributed by atoms with E-state index in [0.29, 0.717) is 5.82 Å². The summed E-state index contributed by atoms with van der Waals surface area (Å²) in [6.07, 6.45) is 0. The van der Waals surface area contributed by atoms with E-state index in [4.69, 9.17) is 14.7 Å². The van der Waals surface area contributed by atoms with Gasteiger partial charge >= 0.3 is 0 Å². The molecule has 1 aliphatic rings. The van der Waals surface area contributed by atoms with Crippen molar-refractivity contribution in [3.05, 3.63) is 241 Å². The molecule has 0 saturated carbocycles. The van der Waals surface area contributed by atoms with E-state index >= 15 is 0 Å². The van der Waals surface area contributed by atoms with Crippen LogP contribution in [-0.4, -0.2) is 9.97 Å². The number of hydrogen-bond acceptors (Lipinski definition) is 3. The van der Waals surface area contributed by atoms with Crippen molar-refractivity contribution in [3.63, 3.8) is 0 Å². The van der Waals surface area contributed by atoms with E-state index in [-0.39, 0.29) is 0 Å². The largest absolute Gasteiger partial charge is 0.457 e. The van der Waals surface area contributed by atoms with E-state index in [1.807, 2.05) is 24.3 Å². The van der Waals surface area contributed by atoms with Crippen LogP contribution in [0.1, 0.15) is 22.3 Å². The summed E-state index contributed by atoms with van der Waals surface area (Å²) in [7, 11) is 0. The Morgan fingerprint density at radius 1 is 0.321 bits per heavy atom. The maximum atomic E-state index is 6.64. The zero-order valence-corrected chi connectivity index (χ0v) is 30.6. The van der Waals surface area contributed by atoms with Gasteiger partial charge in [0.15, 0.2) is 5.82 Å². The van der Waals surface area contributed by atoms with Crippen LogP contribution in [0.25, 0.3) is 56.2 Å². The molecule has 0 atom stereocenters. The van der Waals surface area contributed by atoms with Gasteiger partial charge in [-0.2, -0.15) is 0 Å². The molecule has 2 heterocycles. The van der Waals surface area contributed by atoms with E-state index in [1.54, 1.807) is 0 Å². The first-order valence-electron chi connectivity index (χ1n) is 19.0. The van der Waals surface area contributed by atoms with Crippen molar-refractivity contribution in [2.45, 2.75) is 5.41 Å². The third-order valence-corrected chi connectivity index (χ3v) is 10.9. The molecule has 9 aromatic rings. The molecule has 0 bridgehead atoms. The predicted molar refractivity (Wildman–Crippen MR) is 228 cm³/mol. The maximum absolute atomic E-state index is 6.64. The average Bonchev–Trinajstić information content (AvgIpc) is 3.29. The molecular weight excluding hydrogens is 681 g/mol. The number of rotatable bonds is 7. The molecule has 0 N–H and O–H groups in total. The van der Waals surface area contributed by atoms with Gasteiger partial charge in [0.05, 0.1) is 16.8 Å². The standard InChI is InChI=1S/C53H36N2O/c1-4-18-37(19-5-1)38-32-34-40(35-33-38)49-36-48(39-20-6-2-7-21-39)54-52(55-49)44-26-11-10-24-42(44)43-25-12-13-27-45(43)53(41-22-8-3-9-23-41)46-28-14-16-30-50(46)56-51-31-17-15-29-47(51)53/h1-36H. The van der Waals surface area contributed by atoms with Gasteiger partial charge in [-0.25, -0.2) is 9.97 Å². The molecule has 0 amide bonds. The van der Waals surface area contributed by atoms with Crippen LogP contribution in [0.4, 0.5) is 0 Å². The van der Waals surface area contributed by atoms with Crippen molar-refractivity contribution in [2.75, 3.05) is 0 Å². The fraction of sp³-hybridized carbons (Fsp3) is 0.0189. The quantitative estimate of drug-likeness (QED) is 0.165. The van der Waals surface area contributed by atoms with E-state index in [2.05, 4.69) is 194 Å². The van der Waals surface area contributed by atoms with Crippen LogP contribution in [0.15, 0.2) is 218 Å². The monoisotopic (exact) mass is 716 g/mol. The Balaban J connectivity index is 1.20. The highest BCUT2D eigenvalue weighted by Gasteiger charge is 2.46. The van der Waals surface area contributed by atoms with E-state index < -0.39 is 5.41 Å². The van der Waals surface area contributed by atoms with Gasteiger partial charge < -0.3 is 4.74 Å². The lowest BCUT2D eigenvalue weighted by molar-refractivity contribution is 0.434. The van der Waals surface area contributed by atoms with Crippen molar-refractivity contribution in [3.8, 4) is 67.7 Å². The van der Waals surface area contributed by atoms with Gasteiger partial charge in [-0.1, -0.05) is 200 Å². The number of ether oxygens (including phenoxy) is 1. The number of benzene rings is 8. The second kappa shape index (κ2) is 14.1. The fourth-order valence-electron chi connectivity index (χ4n) is 8.33. The zero-order chi connectivity index (χ0) is 37.3. The van der Waals surface area contributed by atoms with Gasteiger partial charge in [0.2, 0.25) is 0 Å². The molecule has 3 heteroatoms. The lowest BCUT2D eigenvalue weighted by atomic mass is 9.62. The van der Waals surface area contributed by atoms with Crippen LogP contribution < -0.4 is 4.74 Å². The van der Waals surface area contributed by atoms with Crippen LogP contribution >= 0.6 is 0 Å². The minimum atomic E-state index is -0.686. The third kappa shape index (κ3) is 5.69. The minimum absolute atomic E-state index is 0.667. The smallest absolute Gasteiger partial charge is 0.161 e. The van der Waals surface area contributed by atoms with Crippen molar-refractivity contribution >= 4 is 0 Å². The molecule has 1 aliphatic heterocycles. The summed E-state index contributed by atoms with van der Waals surface area (Å²) < 4.78 is 6.64. The summed E-state index contributed by atoms with van der Waals surface area (Å²) in [4.78, 5) is 10.7. The van der Waals surface area contributed by atoms with Gasteiger partial charge in [-0.05, 0) is 51.6 Å². The Labute approximate surface area is 327 Å². The summed E-state index contributed by atoms with van der Waals surface area (Å²) in [5.41, 5.74) is 13.1. The molecule has 8 aromatic carbocycles. The molecule has 56 heavy (non-hydrogen) atoms. The van der Waals surface area contributed by atoms with Crippen LogP contribution in [-0.2, 0) is 5.41 Å². The van der Waals surface area contributed by atoms with Gasteiger partial charge in [0.1, 0.15) is 11.5 Å². The summed E-state index contributed by atoms with van der Waals surface area (Å²) in [5.74, 6) is 2.36. The molecule has 10 rings (SSSR count). The Kier molecular flexibility index (Phi) is 8.38. The first-order valence-corrected chi connectivity index (χ1v) is 19.0. The second-order valence-electron chi connectivity index (χ2n) is 14.1. The summed E-state index contributed by atoms with van der Waals surface area (Å²) in [6, 6.07) is 76.7. The Bertz CT molecular complexity index is 2770. The van der Waals surface area contributed by atoms with Crippen LogP contribution in [0.2, 0.25) is 0 Å². The first kappa shape index (κ1) is 33.2.